The first kappa shape index (κ1) is 46.2. The molecule has 19 heteroatoms. The fourth-order valence-corrected chi connectivity index (χ4v) is 4.66. The molecule has 5 amide bonds. The third-order valence-corrected chi connectivity index (χ3v) is 7.52. The van der Waals surface area contributed by atoms with Crippen LogP contribution >= 0.6 is 0 Å². The van der Waals surface area contributed by atoms with Crippen LogP contribution in [0.1, 0.15) is 92.9 Å². The van der Waals surface area contributed by atoms with Gasteiger partial charge in [-0.15, -0.1) is 0 Å². The minimum Gasteiger partial charge on any atom is -0.481 e. The molecule has 0 radical (unpaired) electrons. The van der Waals surface area contributed by atoms with Crippen molar-refractivity contribution in [2.24, 2.45) is 23.5 Å². The maximum absolute atomic E-state index is 13.6. The minimum atomic E-state index is -1.57. The third kappa shape index (κ3) is 19.2. The molecule has 0 fully saturated rings. The maximum Gasteiger partial charge on any atom is 0.326 e. The van der Waals surface area contributed by atoms with Crippen LogP contribution in [-0.2, 0) is 43.2 Å². The van der Waals surface area contributed by atoms with Crippen LogP contribution < -0.4 is 32.3 Å². The molecular formula is C32H54N6O13. The highest BCUT2D eigenvalue weighted by Crippen LogP contribution is 2.12. The molecule has 19 nitrogen and oxygen atoms in total. The summed E-state index contributed by atoms with van der Waals surface area (Å²) in [6.45, 7) is 10.2. The van der Waals surface area contributed by atoms with Gasteiger partial charge in [-0.25, -0.2) is 4.79 Å². The molecule has 0 saturated carbocycles. The van der Waals surface area contributed by atoms with Crippen molar-refractivity contribution in [1.82, 2.24) is 26.6 Å². The summed E-state index contributed by atoms with van der Waals surface area (Å²) in [6, 6.07) is -8.27. The van der Waals surface area contributed by atoms with Gasteiger partial charge in [0.05, 0.1) is 6.04 Å². The molecule has 0 aliphatic carbocycles. The summed E-state index contributed by atoms with van der Waals surface area (Å²) in [5.74, 6) is -10.6. The van der Waals surface area contributed by atoms with E-state index in [1.165, 1.54) is 0 Å². The van der Waals surface area contributed by atoms with E-state index in [1.54, 1.807) is 41.5 Å². The second kappa shape index (κ2) is 22.8. The molecule has 0 unspecified atom stereocenters. The fourth-order valence-electron chi connectivity index (χ4n) is 4.66. The lowest BCUT2D eigenvalue weighted by molar-refractivity contribution is -0.144. The Labute approximate surface area is 296 Å². The van der Waals surface area contributed by atoms with Gasteiger partial charge in [0.2, 0.25) is 29.5 Å². The molecule has 0 rings (SSSR count). The van der Waals surface area contributed by atoms with Crippen LogP contribution in [0, 0.1) is 17.8 Å². The number of carbonyl (C=O) groups excluding carboxylic acids is 5. The predicted octanol–water partition coefficient (Wildman–Crippen LogP) is -0.835. The maximum atomic E-state index is 13.6. The van der Waals surface area contributed by atoms with E-state index in [0.29, 0.717) is 0 Å². The quantitative estimate of drug-likeness (QED) is 0.0548. The lowest BCUT2D eigenvalue weighted by atomic mass is 9.99. The molecule has 0 aliphatic heterocycles. The van der Waals surface area contributed by atoms with E-state index in [0.717, 1.165) is 0 Å². The summed E-state index contributed by atoms with van der Waals surface area (Å²) in [5, 5.41) is 48.8. The van der Waals surface area contributed by atoms with Crippen LogP contribution in [0.2, 0.25) is 0 Å². The summed E-state index contributed by atoms with van der Waals surface area (Å²) < 4.78 is 0. The Balaban J connectivity index is 6.26. The van der Waals surface area contributed by atoms with Gasteiger partial charge in [-0.3, -0.25) is 38.4 Å². The van der Waals surface area contributed by atoms with Gasteiger partial charge in [0.25, 0.3) is 0 Å². The van der Waals surface area contributed by atoms with Crippen molar-refractivity contribution in [1.29, 1.82) is 0 Å². The molecule has 6 atom stereocenters. The van der Waals surface area contributed by atoms with E-state index in [4.69, 9.17) is 15.9 Å². The van der Waals surface area contributed by atoms with Gasteiger partial charge in [-0.2, -0.15) is 0 Å². The summed E-state index contributed by atoms with van der Waals surface area (Å²) >= 11 is 0. The molecule has 0 spiro atoms. The molecule has 290 valence electrons. The molecule has 0 aromatic carbocycles. The van der Waals surface area contributed by atoms with Crippen molar-refractivity contribution < 1.29 is 63.6 Å². The van der Waals surface area contributed by atoms with Crippen LogP contribution in [0.15, 0.2) is 0 Å². The largest absolute Gasteiger partial charge is 0.481 e. The zero-order chi connectivity index (χ0) is 39.6. The van der Waals surface area contributed by atoms with Crippen LogP contribution in [0.3, 0.4) is 0 Å². The van der Waals surface area contributed by atoms with Gasteiger partial charge in [0.15, 0.2) is 0 Å². The van der Waals surface area contributed by atoms with Crippen molar-refractivity contribution in [2.75, 3.05) is 0 Å². The fraction of sp³-hybridized carbons (Fsp3) is 0.719. The zero-order valence-corrected chi connectivity index (χ0v) is 29.9. The van der Waals surface area contributed by atoms with Crippen molar-refractivity contribution >= 4 is 53.4 Å². The van der Waals surface area contributed by atoms with Gasteiger partial charge in [-0.05, 0) is 49.9 Å². The Bertz CT molecular complexity index is 1260. The number of carbonyl (C=O) groups is 9. The first-order valence-electron chi connectivity index (χ1n) is 16.7. The smallest absolute Gasteiger partial charge is 0.326 e. The Morgan fingerprint density at radius 2 is 0.725 bits per heavy atom. The van der Waals surface area contributed by atoms with Crippen molar-refractivity contribution in [3.63, 3.8) is 0 Å². The number of rotatable bonds is 25. The van der Waals surface area contributed by atoms with Crippen LogP contribution in [0.5, 0.6) is 0 Å². The predicted molar refractivity (Wildman–Crippen MR) is 180 cm³/mol. The standard InChI is InChI=1S/C32H54N6O13/c1-15(2)13-21(29(47)36-20(32(50)51)9-12-25(43)44)38-30(48)22(14-16(3)4)37-28(46)18(7-10-23(39)40)34-27(45)19(8-11-24(41)42)35-31(49)26(33)17(5)6/h15-22,26H,7-14,33H2,1-6H3,(H,34,45)(H,35,49)(H,36,47)(H,37,46)(H,38,48)(H,39,40)(H,41,42)(H,43,44)(H,50,51)/t18-,19-,20-,21-,22-,26-/m0/s1. The van der Waals surface area contributed by atoms with Crippen LogP contribution in [0.4, 0.5) is 0 Å². The van der Waals surface area contributed by atoms with Gasteiger partial charge in [-0.1, -0.05) is 41.5 Å². The highest BCUT2D eigenvalue weighted by Gasteiger charge is 2.34. The summed E-state index contributed by atoms with van der Waals surface area (Å²) in [5.41, 5.74) is 5.86. The Hall–Kier alpha value is -4.81. The average Bonchev–Trinajstić information content (AvgIpc) is 3.00. The van der Waals surface area contributed by atoms with Crippen LogP contribution in [0.25, 0.3) is 0 Å². The topological polar surface area (TPSA) is 321 Å². The number of amides is 5. The molecule has 0 saturated heterocycles. The Morgan fingerprint density at radius 3 is 1.02 bits per heavy atom. The van der Waals surface area contributed by atoms with Crippen molar-refractivity contribution in [2.45, 2.75) is 129 Å². The van der Waals surface area contributed by atoms with Crippen molar-refractivity contribution in [3.8, 4) is 0 Å². The van der Waals surface area contributed by atoms with Gasteiger partial charge in [0.1, 0.15) is 30.2 Å². The average molecular weight is 731 g/mol. The second-order valence-corrected chi connectivity index (χ2v) is 13.5. The number of nitrogens with two attached hydrogens (primary N) is 1. The first-order chi connectivity index (χ1) is 23.5. The van der Waals surface area contributed by atoms with E-state index in [9.17, 15) is 53.4 Å². The monoisotopic (exact) mass is 730 g/mol. The molecule has 0 bridgehead atoms. The van der Waals surface area contributed by atoms with Gasteiger partial charge < -0.3 is 52.7 Å². The minimum absolute atomic E-state index is 0.00787. The van der Waals surface area contributed by atoms with E-state index in [-0.39, 0.29) is 37.0 Å². The number of hydrogen-bond donors (Lipinski definition) is 10. The summed E-state index contributed by atoms with van der Waals surface area (Å²) in [7, 11) is 0. The highest BCUT2D eigenvalue weighted by molar-refractivity contribution is 5.96. The molecule has 0 aromatic rings. The summed E-state index contributed by atoms with van der Waals surface area (Å²) in [6.07, 6.45) is -2.91. The van der Waals surface area contributed by atoms with E-state index in [1.807, 2.05) is 0 Å². The third-order valence-electron chi connectivity index (χ3n) is 7.52. The Morgan fingerprint density at radius 1 is 0.451 bits per heavy atom. The number of nitrogens with one attached hydrogen (secondary N) is 5. The second-order valence-electron chi connectivity index (χ2n) is 13.5. The highest BCUT2D eigenvalue weighted by atomic mass is 16.4. The molecular weight excluding hydrogens is 676 g/mol. The van der Waals surface area contributed by atoms with Crippen LogP contribution in [-0.4, -0.2) is 110 Å². The molecule has 0 aliphatic rings. The molecule has 0 heterocycles. The molecule has 11 N–H and O–H groups in total. The molecule has 51 heavy (non-hydrogen) atoms. The number of hydrogen-bond acceptors (Lipinski definition) is 10. The van der Waals surface area contributed by atoms with Gasteiger partial charge in [0, 0.05) is 19.3 Å². The molecule has 0 aromatic heterocycles. The number of aliphatic carboxylic acids is 4. The summed E-state index contributed by atoms with van der Waals surface area (Å²) in [4.78, 5) is 111. The van der Waals surface area contributed by atoms with E-state index in [2.05, 4.69) is 26.6 Å². The zero-order valence-electron chi connectivity index (χ0n) is 29.9. The van der Waals surface area contributed by atoms with E-state index >= 15 is 0 Å². The lowest BCUT2D eigenvalue weighted by Gasteiger charge is -2.28. The number of carboxylic acids is 4. The number of carboxylic acid groups (broad SMARTS) is 4. The lowest BCUT2D eigenvalue weighted by Crippen LogP contribution is -2.59. The van der Waals surface area contributed by atoms with Gasteiger partial charge >= 0.3 is 23.9 Å². The first-order valence-corrected chi connectivity index (χ1v) is 16.7. The Kier molecular flexibility index (Phi) is 20.7. The SMILES string of the molecule is CC(C)C[C@H](NC(=O)[C@H](CC(C)C)NC(=O)[C@H](CCC(=O)O)NC(=O)[C@H](CCC(=O)O)NC(=O)[C@@H](N)C(C)C)C(=O)N[C@@H](CCC(=O)O)C(=O)O. The van der Waals surface area contributed by atoms with Crippen molar-refractivity contribution in [3.05, 3.63) is 0 Å². The van der Waals surface area contributed by atoms with E-state index < -0.39 is 122 Å². The normalized spacial score (nSPS) is 14.7.